The van der Waals surface area contributed by atoms with E-state index in [1.54, 1.807) is 44.7 Å². The highest BCUT2D eigenvalue weighted by atomic mass is 16.5. The van der Waals surface area contributed by atoms with E-state index in [0.717, 1.165) is 17.2 Å². The topological polar surface area (TPSA) is 71.0 Å². The highest BCUT2D eigenvalue weighted by Gasteiger charge is 2.02. The predicted octanol–water partition coefficient (Wildman–Crippen LogP) is 2.22. The van der Waals surface area contributed by atoms with E-state index in [-0.39, 0.29) is 0 Å². The van der Waals surface area contributed by atoms with Crippen LogP contribution in [0.15, 0.2) is 53.5 Å². The molecule has 0 aliphatic carbocycles. The third-order valence-electron chi connectivity index (χ3n) is 3.05. The van der Waals surface area contributed by atoms with E-state index in [1.807, 2.05) is 18.2 Å². The molecule has 2 rings (SSSR count). The first-order valence-electron chi connectivity index (χ1n) is 6.87. The van der Waals surface area contributed by atoms with Crippen LogP contribution in [0.4, 0.5) is 5.69 Å². The molecule has 0 aliphatic rings. The van der Waals surface area contributed by atoms with Crippen molar-refractivity contribution >= 4 is 23.9 Å². The summed E-state index contributed by atoms with van der Waals surface area (Å²) in [7, 11) is 3.16. The molecule has 2 aromatic rings. The molecular formula is C18H16NO4-. The van der Waals surface area contributed by atoms with E-state index in [9.17, 15) is 9.90 Å². The van der Waals surface area contributed by atoms with Gasteiger partial charge in [0.1, 0.15) is 0 Å². The molecule has 0 N–H and O–H groups in total. The maximum absolute atomic E-state index is 10.4. The van der Waals surface area contributed by atoms with E-state index < -0.39 is 5.97 Å². The van der Waals surface area contributed by atoms with Gasteiger partial charge in [-0.05, 0) is 47.5 Å². The Morgan fingerprint density at radius 2 is 1.83 bits per heavy atom. The average Bonchev–Trinajstić information content (AvgIpc) is 2.58. The SMILES string of the molecule is COc1ccc(C=Nc2cccc(/C=C/C(=O)[O-])c2)cc1OC. The molecule has 0 radical (unpaired) electrons. The summed E-state index contributed by atoms with van der Waals surface area (Å²) >= 11 is 0. The van der Waals surface area contributed by atoms with Gasteiger partial charge in [-0.25, -0.2) is 0 Å². The van der Waals surface area contributed by atoms with Crippen molar-refractivity contribution in [2.45, 2.75) is 0 Å². The Hall–Kier alpha value is -3.08. The summed E-state index contributed by atoms with van der Waals surface area (Å²) in [6.45, 7) is 0. The van der Waals surface area contributed by atoms with Crippen LogP contribution in [0.1, 0.15) is 11.1 Å². The number of aliphatic imine (C=N–C) groups is 1. The number of carboxylic acid groups (broad SMARTS) is 1. The van der Waals surface area contributed by atoms with E-state index in [1.165, 1.54) is 6.08 Å². The summed E-state index contributed by atoms with van der Waals surface area (Å²) in [6.07, 6.45) is 4.14. The molecule has 0 heterocycles. The molecule has 0 fully saturated rings. The first-order chi connectivity index (χ1) is 11.1. The molecule has 118 valence electrons. The second-order valence-electron chi connectivity index (χ2n) is 4.62. The molecule has 0 saturated carbocycles. The van der Waals surface area contributed by atoms with Crippen molar-refractivity contribution in [2.75, 3.05) is 14.2 Å². The number of aliphatic carboxylic acids is 1. The maximum Gasteiger partial charge on any atom is 0.161 e. The largest absolute Gasteiger partial charge is 0.545 e. The van der Waals surface area contributed by atoms with Crippen molar-refractivity contribution < 1.29 is 19.4 Å². The molecule has 0 aliphatic heterocycles. The molecule has 5 nitrogen and oxygen atoms in total. The number of carboxylic acids is 1. The Labute approximate surface area is 134 Å². The van der Waals surface area contributed by atoms with Crippen molar-refractivity contribution in [3.63, 3.8) is 0 Å². The fourth-order valence-electron chi connectivity index (χ4n) is 1.96. The van der Waals surface area contributed by atoms with E-state index in [2.05, 4.69) is 4.99 Å². The molecule has 23 heavy (non-hydrogen) atoms. The zero-order valence-electron chi connectivity index (χ0n) is 12.9. The maximum atomic E-state index is 10.4. The lowest BCUT2D eigenvalue weighted by Gasteiger charge is -2.07. The molecule has 0 amide bonds. The van der Waals surface area contributed by atoms with Crippen LogP contribution in [0.5, 0.6) is 11.5 Å². The van der Waals surface area contributed by atoms with Gasteiger partial charge in [0.25, 0.3) is 0 Å². The molecule has 0 atom stereocenters. The molecule has 0 unspecified atom stereocenters. The molecular weight excluding hydrogens is 294 g/mol. The van der Waals surface area contributed by atoms with Crippen LogP contribution in [0.2, 0.25) is 0 Å². The van der Waals surface area contributed by atoms with Crippen molar-refractivity contribution in [3.8, 4) is 11.5 Å². The summed E-state index contributed by atoms with van der Waals surface area (Å²) in [6, 6.07) is 12.7. The van der Waals surface area contributed by atoms with Crippen LogP contribution in [-0.4, -0.2) is 26.4 Å². The van der Waals surface area contributed by atoms with E-state index in [4.69, 9.17) is 9.47 Å². The monoisotopic (exact) mass is 310 g/mol. The van der Waals surface area contributed by atoms with Gasteiger partial charge in [0.05, 0.1) is 25.9 Å². The summed E-state index contributed by atoms with van der Waals surface area (Å²) < 4.78 is 10.4. The van der Waals surface area contributed by atoms with Crippen molar-refractivity contribution in [1.82, 2.24) is 0 Å². The number of methoxy groups -OCH3 is 2. The Balaban J connectivity index is 2.20. The van der Waals surface area contributed by atoms with Gasteiger partial charge >= 0.3 is 0 Å². The Bertz CT molecular complexity index is 750. The van der Waals surface area contributed by atoms with Crippen molar-refractivity contribution in [1.29, 1.82) is 0 Å². The van der Waals surface area contributed by atoms with Crippen LogP contribution in [-0.2, 0) is 4.79 Å². The number of nitrogens with zero attached hydrogens (tertiary/aromatic N) is 1. The fourth-order valence-corrected chi connectivity index (χ4v) is 1.96. The number of ether oxygens (including phenoxy) is 2. The van der Waals surface area contributed by atoms with Gasteiger partial charge in [-0.2, -0.15) is 0 Å². The van der Waals surface area contributed by atoms with Gasteiger partial charge in [-0.1, -0.05) is 18.2 Å². The average molecular weight is 310 g/mol. The van der Waals surface area contributed by atoms with Gasteiger partial charge in [-0.3, -0.25) is 4.99 Å². The van der Waals surface area contributed by atoms with Gasteiger partial charge < -0.3 is 19.4 Å². The van der Waals surface area contributed by atoms with Crippen LogP contribution in [0.3, 0.4) is 0 Å². The first-order valence-corrected chi connectivity index (χ1v) is 6.87. The number of hydrogen-bond donors (Lipinski definition) is 0. The molecule has 0 aromatic heterocycles. The highest BCUT2D eigenvalue weighted by molar-refractivity contribution is 5.85. The zero-order valence-corrected chi connectivity index (χ0v) is 12.9. The highest BCUT2D eigenvalue weighted by Crippen LogP contribution is 2.27. The van der Waals surface area contributed by atoms with E-state index in [0.29, 0.717) is 17.2 Å². The second kappa shape index (κ2) is 7.79. The molecule has 0 saturated heterocycles. The molecule has 0 bridgehead atoms. The fraction of sp³-hybridized carbons (Fsp3) is 0.111. The lowest BCUT2D eigenvalue weighted by Crippen LogP contribution is -2.18. The Morgan fingerprint density at radius 3 is 2.52 bits per heavy atom. The lowest BCUT2D eigenvalue weighted by atomic mass is 10.2. The van der Waals surface area contributed by atoms with Gasteiger partial charge in [0, 0.05) is 6.21 Å². The number of hydrogen-bond acceptors (Lipinski definition) is 5. The number of carbonyl (C=O) groups is 1. The molecule has 0 spiro atoms. The lowest BCUT2D eigenvalue weighted by molar-refractivity contribution is -0.297. The van der Waals surface area contributed by atoms with Gasteiger partial charge in [0.2, 0.25) is 0 Å². The first kappa shape index (κ1) is 16.3. The van der Waals surface area contributed by atoms with Crippen molar-refractivity contribution in [3.05, 3.63) is 59.7 Å². The number of rotatable bonds is 6. The second-order valence-corrected chi connectivity index (χ2v) is 4.62. The van der Waals surface area contributed by atoms with Crippen molar-refractivity contribution in [2.24, 2.45) is 4.99 Å². The summed E-state index contributed by atoms with van der Waals surface area (Å²) in [5, 5.41) is 10.4. The minimum absolute atomic E-state index is 0.627. The van der Waals surface area contributed by atoms with Gasteiger partial charge in [-0.15, -0.1) is 0 Å². The van der Waals surface area contributed by atoms with Crippen LogP contribution in [0.25, 0.3) is 6.08 Å². The predicted molar refractivity (Wildman–Crippen MR) is 87.3 cm³/mol. The normalized spacial score (nSPS) is 11.0. The standard InChI is InChI=1S/C18H17NO4/c1-22-16-8-6-14(11-17(16)23-2)12-19-15-5-3-4-13(10-15)7-9-18(20)21/h3-12H,1-2H3,(H,20,21)/p-1/b9-7+,19-12?. The number of carbonyl (C=O) groups excluding carboxylic acids is 1. The van der Waals surface area contributed by atoms with E-state index >= 15 is 0 Å². The minimum atomic E-state index is -1.23. The smallest absolute Gasteiger partial charge is 0.161 e. The molecule has 5 heteroatoms. The summed E-state index contributed by atoms with van der Waals surface area (Å²) in [5.74, 6) is 0.0467. The minimum Gasteiger partial charge on any atom is -0.545 e. The van der Waals surface area contributed by atoms with Crippen LogP contribution < -0.4 is 14.6 Å². The Morgan fingerprint density at radius 1 is 1.04 bits per heavy atom. The van der Waals surface area contributed by atoms with Gasteiger partial charge in [0.15, 0.2) is 11.5 Å². The third-order valence-corrected chi connectivity index (χ3v) is 3.05. The van der Waals surface area contributed by atoms with Crippen LogP contribution in [0, 0.1) is 0 Å². The molecule has 2 aromatic carbocycles. The quantitative estimate of drug-likeness (QED) is 0.606. The summed E-state index contributed by atoms with van der Waals surface area (Å²) in [4.78, 5) is 14.8. The van der Waals surface area contributed by atoms with Crippen LogP contribution >= 0.6 is 0 Å². The summed E-state index contributed by atoms with van der Waals surface area (Å²) in [5.41, 5.74) is 2.30. The third kappa shape index (κ3) is 4.71. The number of benzene rings is 2. The zero-order chi connectivity index (χ0) is 16.7. The Kier molecular flexibility index (Phi) is 5.52.